The normalized spacial score (nSPS) is 21.4. The maximum atomic E-state index is 12.0. The summed E-state index contributed by atoms with van der Waals surface area (Å²) in [6, 6.07) is 7.45. The van der Waals surface area contributed by atoms with E-state index in [0.717, 1.165) is 35.3 Å². The van der Waals surface area contributed by atoms with Gasteiger partial charge in [-0.2, -0.15) is 16.8 Å². The Labute approximate surface area is 131 Å². The van der Waals surface area contributed by atoms with Crippen molar-refractivity contribution in [3.05, 3.63) is 39.8 Å². The largest absolute Gasteiger partial charge is 0.349 e. The molecule has 6 heteroatoms. The monoisotopic (exact) mass is 324 g/mol. The number of carbonyl (C=O) groups is 1. The van der Waals surface area contributed by atoms with Crippen LogP contribution in [0.4, 0.5) is 0 Å². The van der Waals surface area contributed by atoms with Crippen LogP contribution in [-0.2, 0) is 4.79 Å². The number of amides is 1. The molecule has 20 heavy (non-hydrogen) atoms. The molecule has 2 aliphatic heterocycles. The number of halogens is 1. The molecule has 1 saturated heterocycles. The third kappa shape index (κ3) is 3.22. The summed E-state index contributed by atoms with van der Waals surface area (Å²) in [4.78, 5) is 19.0. The minimum absolute atomic E-state index is 0.141. The van der Waals surface area contributed by atoms with Gasteiger partial charge in [-0.3, -0.25) is 4.79 Å². The van der Waals surface area contributed by atoms with Gasteiger partial charge in [-0.1, -0.05) is 23.7 Å². The third-order valence-corrected chi connectivity index (χ3v) is 5.30. The van der Waals surface area contributed by atoms with Crippen LogP contribution < -0.4 is 0 Å². The lowest BCUT2D eigenvalue weighted by Crippen LogP contribution is -2.35. The summed E-state index contributed by atoms with van der Waals surface area (Å²) >= 11 is 9.27. The van der Waals surface area contributed by atoms with Crippen molar-refractivity contribution in [2.24, 2.45) is 4.99 Å². The van der Waals surface area contributed by atoms with Gasteiger partial charge in [0.25, 0.3) is 5.91 Å². The van der Waals surface area contributed by atoms with Gasteiger partial charge in [-0.25, -0.2) is 0 Å². The van der Waals surface area contributed by atoms with Crippen molar-refractivity contribution in [2.45, 2.75) is 0 Å². The van der Waals surface area contributed by atoms with Crippen LogP contribution in [0.2, 0.25) is 5.02 Å². The second-order valence-corrected chi connectivity index (χ2v) is 7.13. The molecule has 0 N–H and O–H groups in total. The summed E-state index contributed by atoms with van der Waals surface area (Å²) in [5.74, 6) is 2.06. The first kappa shape index (κ1) is 14.0. The van der Waals surface area contributed by atoms with Crippen LogP contribution in [-0.4, -0.2) is 40.6 Å². The number of rotatable bonds is 1. The summed E-state index contributed by atoms with van der Waals surface area (Å²) < 4.78 is 0. The zero-order valence-electron chi connectivity index (χ0n) is 10.7. The fourth-order valence-electron chi connectivity index (χ4n) is 2.00. The molecule has 2 heterocycles. The van der Waals surface area contributed by atoms with Gasteiger partial charge in [0.05, 0.1) is 4.91 Å². The first-order valence-corrected chi connectivity index (χ1v) is 8.68. The zero-order valence-corrected chi connectivity index (χ0v) is 13.1. The van der Waals surface area contributed by atoms with Crippen LogP contribution in [0.5, 0.6) is 0 Å². The Balaban J connectivity index is 1.74. The van der Waals surface area contributed by atoms with Gasteiger partial charge in [-0.15, -0.1) is 0 Å². The molecule has 0 unspecified atom stereocenters. The van der Waals surface area contributed by atoms with Crippen molar-refractivity contribution in [3.63, 3.8) is 0 Å². The molecular formula is C14H13ClN2OS2. The Kier molecular flexibility index (Phi) is 4.38. The van der Waals surface area contributed by atoms with E-state index in [0.29, 0.717) is 9.93 Å². The highest BCUT2D eigenvalue weighted by molar-refractivity contribution is 8.18. The van der Waals surface area contributed by atoms with Crippen LogP contribution in [0.25, 0.3) is 6.08 Å². The quantitative estimate of drug-likeness (QED) is 0.742. The van der Waals surface area contributed by atoms with Gasteiger partial charge >= 0.3 is 0 Å². The van der Waals surface area contributed by atoms with Crippen molar-refractivity contribution >= 4 is 52.3 Å². The molecule has 1 aromatic carbocycles. The minimum Gasteiger partial charge on any atom is -0.349 e. The second-order valence-electron chi connectivity index (χ2n) is 4.46. The topological polar surface area (TPSA) is 32.7 Å². The van der Waals surface area contributed by atoms with Gasteiger partial charge < -0.3 is 4.90 Å². The lowest BCUT2D eigenvalue weighted by atomic mass is 10.2. The fraction of sp³-hybridized carbons (Fsp3) is 0.286. The number of benzene rings is 1. The van der Waals surface area contributed by atoms with E-state index in [1.807, 2.05) is 42.1 Å². The van der Waals surface area contributed by atoms with E-state index in [4.69, 9.17) is 11.6 Å². The number of hydrogen-bond acceptors (Lipinski definition) is 4. The van der Waals surface area contributed by atoms with Crippen LogP contribution in [0, 0.1) is 0 Å². The highest BCUT2D eigenvalue weighted by Gasteiger charge is 2.26. The average molecular weight is 325 g/mol. The van der Waals surface area contributed by atoms with Crippen molar-refractivity contribution < 1.29 is 4.79 Å². The van der Waals surface area contributed by atoms with E-state index >= 15 is 0 Å². The van der Waals surface area contributed by atoms with E-state index in [2.05, 4.69) is 9.89 Å². The first-order valence-electron chi connectivity index (χ1n) is 6.33. The molecule has 3 rings (SSSR count). The van der Waals surface area contributed by atoms with Crippen molar-refractivity contribution in [2.75, 3.05) is 24.6 Å². The summed E-state index contributed by atoms with van der Waals surface area (Å²) in [5, 5.41) is 1.54. The zero-order chi connectivity index (χ0) is 13.9. The molecule has 0 spiro atoms. The molecular weight excluding hydrogens is 312 g/mol. The lowest BCUT2D eigenvalue weighted by Gasteiger charge is -2.26. The molecule has 0 atom stereocenters. The lowest BCUT2D eigenvalue weighted by molar-refractivity contribution is -0.113. The van der Waals surface area contributed by atoms with Crippen LogP contribution in [0.15, 0.2) is 34.2 Å². The van der Waals surface area contributed by atoms with Crippen molar-refractivity contribution in [1.82, 2.24) is 4.90 Å². The van der Waals surface area contributed by atoms with Crippen molar-refractivity contribution in [3.8, 4) is 0 Å². The number of carbonyl (C=O) groups excluding carboxylic acids is 1. The minimum atomic E-state index is -0.141. The first-order chi connectivity index (χ1) is 9.72. The van der Waals surface area contributed by atoms with Crippen LogP contribution >= 0.6 is 35.1 Å². The highest BCUT2D eigenvalue weighted by atomic mass is 35.5. The fourth-order valence-corrected chi connectivity index (χ4v) is 3.99. The maximum Gasteiger partial charge on any atom is 0.286 e. The van der Waals surface area contributed by atoms with Gasteiger partial charge in [0.2, 0.25) is 0 Å². The Morgan fingerprint density at radius 3 is 2.60 bits per heavy atom. The van der Waals surface area contributed by atoms with Gasteiger partial charge in [0.15, 0.2) is 5.17 Å². The molecule has 0 radical (unpaired) electrons. The Morgan fingerprint density at radius 2 is 1.90 bits per heavy atom. The average Bonchev–Trinajstić information content (AvgIpc) is 2.84. The number of hydrogen-bond donors (Lipinski definition) is 0. The smallest absolute Gasteiger partial charge is 0.286 e. The summed E-state index contributed by atoms with van der Waals surface area (Å²) in [7, 11) is 0. The van der Waals surface area contributed by atoms with Gasteiger partial charge in [0, 0.05) is 29.6 Å². The third-order valence-electron chi connectivity index (χ3n) is 3.06. The predicted octanol–water partition coefficient (Wildman–Crippen LogP) is 3.36. The van der Waals surface area contributed by atoms with Gasteiger partial charge in [0.1, 0.15) is 0 Å². The molecule has 0 saturated carbocycles. The SMILES string of the molecule is O=C1N=C(N2CCSCC2)S/C1=C/c1ccc(Cl)cc1. The number of nitrogens with zero attached hydrogens (tertiary/aromatic N) is 2. The van der Waals surface area contributed by atoms with E-state index in [1.54, 1.807) is 0 Å². The summed E-state index contributed by atoms with van der Waals surface area (Å²) in [6.45, 7) is 1.94. The second kappa shape index (κ2) is 6.24. The highest BCUT2D eigenvalue weighted by Crippen LogP contribution is 2.31. The Hall–Kier alpha value is -0.910. The summed E-state index contributed by atoms with van der Waals surface area (Å²) in [5.41, 5.74) is 0.968. The van der Waals surface area contributed by atoms with Gasteiger partial charge in [-0.05, 0) is 35.5 Å². The number of aliphatic imine (C=N–C) groups is 1. The summed E-state index contributed by atoms with van der Waals surface area (Å²) in [6.07, 6.45) is 1.87. The molecule has 1 amide bonds. The predicted molar refractivity (Wildman–Crippen MR) is 88.4 cm³/mol. The molecule has 3 nitrogen and oxygen atoms in total. The van der Waals surface area contributed by atoms with E-state index in [1.165, 1.54) is 11.8 Å². The molecule has 2 aliphatic rings. The molecule has 0 aromatic heterocycles. The molecule has 0 aliphatic carbocycles. The Morgan fingerprint density at radius 1 is 1.20 bits per heavy atom. The molecule has 1 fully saturated rings. The van der Waals surface area contributed by atoms with E-state index in [9.17, 15) is 4.79 Å². The van der Waals surface area contributed by atoms with E-state index in [-0.39, 0.29) is 5.91 Å². The van der Waals surface area contributed by atoms with Crippen LogP contribution in [0.1, 0.15) is 5.56 Å². The standard InChI is InChI=1S/C14H13ClN2OS2/c15-11-3-1-10(2-4-11)9-12-13(18)16-14(20-12)17-5-7-19-8-6-17/h1-4,9H,5-8H2/b12-9+. The number of thioether (sulfide) groups is 2. The Bertz CT molecular complexity index is 577. The molecule has 104 valence electrons. The molecule has 0 bridgehead atoms. The molecule has 1 aromatic rings. The number of amidine groups is 1. The van der Waals surface area contributed by atoms with Crippen molar-refractivity contribution in [1.29, 1.82) is 0 Å². The van der Waals surface area contributed by atoms with Crippen LogP contribution in [0.3, 0.4) is 0 Å². The maximum absolute atomic E-state index is 12.0. The van der Waals surface area contributed by atoms with E-state index < -0.39 is 0 Å².